The molecule has 2 rings (SSSR count). The number of carboxylic acid groups (broad SMARTS) is 1. The average Bonchev–Trinajstić information content (AvgIpc) is 2.39. The van der Waals surface area contributed by atoms with E-state index in [2.05, 4.69) is 0 Å². The third-order valence-corrected chi connectivity index (χ3v) is 5.42. The monoisotopic (exact) mass is 214 g/mol. The first-order valence-electron chi connectivity index (χ1n) is 5.31. The zero-order valence-corrected chi connectivity index (χ0v) is 9.32. The molecule has 86 valence electrons. The second-order valence-electron chi connectivity index (χ2n) is 5.71. The van der Waals surface area contributed by atoms with Gasteiger partial charge in [-0.15, -0.1) is 0 Å². The van der Waals surface area contributed by atoms with Gasteiger partial charge in [0.1, 0.15) is 5.41 Å². The largest absolute Gasteiger partial charge is 0.481 e. The van der Waals surface area contributed by atoms with Gasteiger partial charge in [-0.1, -0.05) is 20.8 Å². The van der Waals surface area contributed by atoms with E-state index in [1.807, 2.05) is 20.8 Å². The van der Waals surface area contributed by atoms with Crippen LogP contribution in [0.3, 0.4) is 0 Å². The minimum Gasteiger partial charge on any atom is -0.481 e. The van der Waals surface area contributed by atoms with E-state index in [-0.39, 0.29) is 0 Å². The van der Waals surface area contributed by atoms with Gasteiger partial charge in [-0.3, -0.25) is 4.79 Å². The number of aliphatic hydroxyl groups is 2. The molecule has 0 amide bonds. The second kappa shape index (κ2) is 2.55. The Labute approximate surface area is 88.9 Å². The first-order valence-corrected chi connectivity index (χ1v) is 5.31. The summed E-state index contributed by atoms with van der Waals surface area (Å²) in [5.41, 5.74) is -2.25. The van der Waals surface area contributed by atoms with Gasteiger partial charge >= 0.3 is 5.97 Å². The van der Waals surface area contributed by atoms with Crippen molar-refractivity contribution >= 4 is 5.97 Å². The van der Waals surface area contributed by atoms with Crippen molar-refractivity contribution in [3.05, 3.63) is 0 Å². The van der Waals surface area contributed by atoms with Gasteiger partial charge in [0.05, 0.1) is 12.2 Å². The van der Waals surface area contributed by atoms with Crippen molar-refractivity contribution in [2.75, 3.05) is 0 Å². The fourth-order valence-corrected chi connectivity index (χ4v) is 3.75. The van der Waals surface area contributed by atoms with Crippen molar-refractivity contribution in [1.29, 1.82) is 0 Å². The number of aliphatic hydroxyl groups excluding tert-OH is 2. The number of carbonyl (C=O) groups is 1. The van der Waals surface area contributed by atoms with Crippen molar-refractivity contribution in [3.63, 3.8) is 0 Å². The molecule has 0 heterocycles. The summed E-state index contributed by atoms with van der Waals surface area (Å²) in [6.07, 6.45) is -0.977. The van der Waals surface area contributed by atoms with Gasteiger partial charge in [-0.05, 0) is 18.3 Å². The zero-order valence-electron chi connectivity index (χ0n) is 9.32. The Morgan fingerprint density at radius 3 is 1.93 bits per heavy atom. The molecule has 0 aliphatic heterocycles. The van der Waals surface area contributed by atoms with E-state index in [4.69, 9.17) is 0 Å². The number of carboxylic acids is 1. The number of rotatable bonds is 1. The zero-order chi connectivity index (χ0) is 11.6. The molecular formula is C11H18O4. The maximum atomic E-state index is 11.4. The number of aliphatic carboxylic acids is 1. The molecule has 2 fully saturated rings. The van der Waals surface area contributed by atoms with E-state index in [9.17, 15) is 20.1 Å². The summed E-state index contributed by atoms with van der Waals surface area (Å²) < 4.78 is 0. The molecule has 0 aromatic carbocycles. The van der Waals surface area contributed by atoms with E-state index < -0.39 is 34.4 Å². The molecule has 0 aromatic rings. The Hall–Kier alpha value is -0.610. The molecule has 2 aliphatic rings. The van der Waals surface area contributed by atoms with Crippen LogP contribution < -0.4 is 0 Å². The van der Waals surface area contributed by atoms with Crippen LogP contribution in [0.4, 0.5) is 0 Å². The molecule has 2 bridgehead atoms. The van der Waals surface area contributed by atoms with Gasteiger partial charge in [-0.25, -0.2) is 0 Å². The smallest absolute Gasteiger partial charge is 0.312 e. The molecule has 3 N–H and O–H groups in total. The van der Waals surface area contributed by atoms with Gasteiger partial charge < -0.3 is 15.3 Å². The maximum Gasteiger partial charge on any atom is 0.312 e. The molecule has 2 aliphatic carbocycles. The molecule has 15 heavy (non-hydrogen) atoms. The van der Waals surface area contributed by atoms with Crippen LogP contribution in [0.5, 0.6) is 0 Å². The van der Waals surface area contributed by atoms with Crippen LogP contribution in [0.1, 0.15) is 33.6 Å². The van der Waals surface area contributed by atoms with E-state index in [1.165, 1.54) is 0 Å². The van der Waals surface area contributed by atoms with Crippen molar-refractivity contribution in [3.8, 4) is 0 Å². The lowest BCUT2D eigenvalue weighted by Crippen LogP contribution is -2.48. The van der Waals surface area contributed by atoms with Crippen LogP contribution in [-0.4, -0.2) is 33.5 Å². The molecule has 0 saturated heterocycles. The van der Waals surface area contributed by atoms with Crippen LogP contribution in [0.25, 0.3) is 0 Å². The molecule has 0 aromatic heterocycles. The number of hydrogen-bond donors (Lipinski definition) is 3. The first-order chi connectivity index (χ1) is 6.72. The van der Waals surface area contributed by atoms with Gasteiger partial charge in [0.15, 0.2) is 0 Å². The molecule has 0 spiro atoms. The summed E-state index contributed by atoms with van der Waals surface area (Å²) in [5.74, 6) is -0.986. The second-order valence-corrected chi connectivity index (χ2v) is 5.71. The predicted octanol–water partition coefficient (Wildman–Crippen LogP) is 0.619. The highest BCUT2D eigenvalue weighted by Gasteiger charge is 2.77. The fraction of sp³-hybridized carbons (Fsp3) is 0.909. The molecule has 4 nitrogen and oxygen atoms in total. The van der Waals surface area contributed by atoms with E-state index in [0.717, 1.165) is 0 Å². The predicted molar refractivity (Wildman–Crippen MR) is 53.2 cm³/mol. The molecule has 4 atom stereocenters. The van der Waals surface area contributed by atoms with Gasteiger partial charge in [0.25, 0.3) is 0 Å². The lowest BCUT2D eigenvalue weighted by atomic mass is 9.64. The van der Waals surface area contributed by atoms with E-state index >= 15 is 0 Å². The van der Waals surface area contributed by atoms with Crippen LogP contribution in [0.2, 0.25) is 0 Å². The SMILES string of the molecule is CC1(C)[C@]2(C)CC[C@@]1(C(=O)O)[C@H](O)[C@H]2O. The third-order valence-electron chi connectivity index (χ3n) is 5.42. The summed E-state index contributed by atoms with van der Waals surface area (Å²) >= 11 is 0. The fourth-order valence-electron chi connectivity index (χ4n) is 3.75. The summed E-state index contributed by atoms with van der Waals surface area (Å²) in [6.45, 7) is 5.56. The Morgan fingerprint density at radius 1 is 1.13 bits per heavy atom. The first kappa shape index (κ1) is 10.9. The van der Waals surface area contributed by atoms with Gasteiger partial charge in [-0.2, -0.15) is 0 Å². The Balaban J connectivity index is 2.62. The molecule has 4 heteroatoms. The Kier molecular flexibility index (Phi) is 1.85. The van der Waals surface area contributed by atoms with Crippen molar-refractivity contribution in [2.24, 2.45) is 16.2 Å². The van der Waals surface area contributed by atoms with Crippen molar-refractivity contribution < 1.29 is 20.1 Å². The summed E-state index contributed by atoms with van der Waals surface area (Å²) in [5, 5.41) is 29.3. The van der Waals surface area contributed by atoms with Crippen molar-refractivity contribution in [2.45, 2.75) is 45.8 Å². The highest BCUT2D eigenvalue weighted by Crippen LogP contribution is 2.72. The van der Waals surface area contributed by atoms with Crippen LogP contribution >= 0.6 is 0 Å². The Morgan fingerprint density at radius 2 is 1.67 bits per heavy atom. The third kappa shape index (κ3) is 0.807. The van der Waals surface area contributed by atoms with Gasteiger partial charge in [0, 0.05) is 5.41 Å². The van der Waals surface area contributed by atoms with Crippen molar-refractivity contribution in [1.82, 2.24) is 0 Å². The molecule has 0 radical (unpaired) electrons. The maximum absolute atomic E-state index is 11.4. The normalized spacial score (nSPS) is 52.1. The quantitative estimate of drug-likeness (QED) is 0.598. The number of fused-ring (bicyclic) bond motifs is 2. The standard InChI is InChI=1S/C11H18O4/c1-9(2)10(3)4-5-11(9,8(14)15)7(13)6(10)12/h6-7,12-13H,4-5H2,1-3H3,(H,14,15)/t6-,7-,10-,11+/m1/s1. The Bertz CT molecular complexity index is 325. The lowest BCUT2D eigenvalue weighted by Gasteiger charge is -2.38. The van der Waals surface area contributed by atoms with E-state index in [1.54, 1.807) is 0 Å². The van der Waals surface area contributed by atoms with Gasteiger partial charge in [0.2, 0.25) is 0 Å². The topological polar surface area (TPSA) is 77.8 Å². The summed E-state index contributed by atoms with van der Waals surface area (Å²) in [4.78, 5) is 11.4. The van der Waals surface area contributed by atoms with Crippen LogP contribution in [0, 0.1) is 16.2 Å². The van der Waals surface area contributed by atoms with Crippen LogP contribution in [0.15, 0.2) is 0 Å². The highest BCUT2D eigenvalue weighted by atomic mass is 16.4. The van der Waals surface area contributed by atoms with E-state index in [0.29, 0.717) is 12.8 Å². The average molecular weight is 214 g/mol. The molecule has 2 saturated carbocycles. The summed E-state index contributed by atoms with van der Waals surface area (Å²) in [7, 11) is 0. The molecular weight excluding hydrogens is 196 g/mol. The minimum absolute atomic E-state index is 0.448. The molecule has 0 unspecified atom stereocenters. The lowest BCUT2D eigenvalue weighted by molar-refractivity contribution is -0.164. The highest BCUT2D eigenvalue weighted by molar-refractivity contribution is 5.79. The minimum atomic E-state index is -1.18. The summed E-state index contributed by atoms with van der Waals surface area (Å²) in [6, 6.07) is 0. The number of hydrogen-bond acceptors (Lipinski definition) is 3. The van der Waals surface area contributed by atoms with Crippen LogP contribution in [-0.2, 0) is 4.79 Å².